The van der Waals surface area contributed by atoms with Crippen molar-refractivity contribution in [3.05, 3.63) is 72.3 Å². The van der Waals surface area contributed by atoms with Gasteiger partial charge in [-0.3, -0.25) is 13.9 Å². The van der Waals surface area contributed by atoms with Crippen molar-refractivity contribution in [2.75, 3.05) is 23.9 Å². The Balaban J connectivity index is 1.45. The van der Waals surface area contributed by atoms with Gasteiger partial charge in [0, 0.05) is 31.4 Å². The summed E-state index contributed by atoms with van der Waals surface area (Å²) >= 11 is 0. The van der Waals surface area contributed by atoms with Gasteiger partial charge < -0.3 is 10.2 Å². The molecule has 1 N–H and O–H groups in total. The number of hydrogen-bond acceptors (Lipinski definition) is 4. The van der Waals surface area contributed by atoms with Crippen molar-refractivity contribution in [3.8, 4) is 0 Å². The van der Waals surface area contributed by atoms with Crippen LogP contribution in [0.5, 0.6) is 0 Å². The number of sulfonamides is 1. The fourth-order valence-electron chi connectivity index (χ4n) is 4.61. The smallest absolute Gasteiger partial charge is 0.265 e. The topological polar surface area (TPSA) is 86.8 Å². The van der Waals surface area contributed by atoms with Gasteiger partial charge in [-0.1, -0.05) is 54.6 Å². The first-order chi connectivity index (χ1) is 16.8. The first-order valence-electron chi connectivity index (χ1n) is 12.0. The Bertz CT molecular complexity index is 1320. The van der Waals surface area contributed by atoms with Gasteiger partial charge in [-0.25, -0.2) is 8.42 Å². The van der Waals surface area contributed by atoms with Crippen LogP contribution in [0.4, 0.5) is 5.69 Å². The number of carbonyl (C=O) groups is 2. The van der Waals surface area contributed by atoms with Crippen LogP contribution < -0.4 is 9.62 Å². The van der Waals surface area contributed by atoms with Crippen LogP contribution in [-0.4, -0.2) is 50.8 Å². The lowest BCUT2D eigenvalue weighted by Crippen LogP contribution is -2.48. The van der Waals surface area contributed by atoms with E-state index >= 15 is 0 Å². The van der Waals surface area contributed by atoms with E-state index in [0.717, 1.165) is 16.3 Å². The number of amides is 2. The van der Waals surface area contributed by atoms with Gasteiger partial charge in [-0.15, -0.1) is 0 Å². The second-order valence-corrected chi connectivity index (χ2v) is 10.5. The number of nitrogens with one attached hydrogen (secondary N) is 1. The maximum absolute atomic E-state index is 13.2. The molecule has 0 aliphatic carbocycles. The van der Waals surface area contributed by atoms with E-state index in [2.05, 4.69) is 5.32 Å². The highest BCUT2D eigenvalue weighted by Gasteiger charge is 2.35. The van der Waals surface area contributed by atoms with E-state index < -0.39 is 16.1 Å². The normalized spacial score (nSPS) is 14.6. The highest BCUT2D eigenvalue weighted by atomic mass is 32.2. The van der Waals surface area contributed by atoms with Gasteiger partial charge in [0.25, 0.3) is 10.0 Å². The number of carbonyl (C=O) groups excluding carboxylic acids is 2. The largest absolute Gasteiger partial charge is 0.355 e. The summed E-state index contributed by atoms with van der Waals surface area (Å²) in [5.41, 5.74) is 1.74. The Morgan fingerprint density at radius 2 is 1.71 bits per heavy atom. The van der Waals surface area contributed by atoms with Gasteiger partial charge in [0.2, 0.25) is 11.8 Å². The van der Waals surface area contributed by atoms with Crippen LogP contribution in [0.1, 0.15) is 32.3 Å². The van der Waals surface area contributed by atoms with Gasteiger partial charge in [0.05, 0.1) is 10.6 Å². The maximum atomic E-state index is 13.2. The molecule has 0 radical (unpaired) electrons. The van der Waals surface area contributed by atoms with Crippen LogP contribution in [0, 0.1) is 0 Å². The van der Waals surface area contributed by atoms with E-state index in [1.165, 1.54) is 4.31 Å². The van der Waals surface area contributed by atoms with Crippen molar-refractivity contribution in [1.82, 2.24) is 10.2 Å². The zero-order valence-corrected chi connectivity index (χ0v) is 20.9. The van der Waals surface area contributed by atoms with Crippen molar-refractivity contribution in [1.29, 1.82) is 0 Å². The minimum absolute atomic E-state index is 0.150. The molecule has 0 spiro atoms. The standard InChI is InChI=1S/C27H31N3O4S/c1-3-28-27(32)20(2)29(19-17-21-10-5-4-6-11-21)25(31)16-9-18-30-23-14-7-12-22-13-8-15-24(26(22)23)35(30,33)34/h4-8,10-15,20H,3,9,16-19H2,1-2H3,(H,28,32)/t20-/m1/s1. The predicted octanol–water partition coefficient (Wildman–Crippen LogP) is 3.72. The molecule has 0 unspecified atom stereocenters. The molecule has 1 aliphatic rings. The molecule has 0 saturated heterocycles. The molecule has 8 heteroatoms. The number of rotatable bonds is 10. The second kappa shape index (κ2) is 10.5. The van der Waals surface area contributed by atoms with Crippen LogP contribution in [0.3, 0.4) is 0 Å². The third-order valence-electron chi connectivity index (χ3n) is 6.44. The van der Waals surface area contributed by atoms with E-state index in [4.69, 9.17) is 0 Å². The number of anilines is 1. The van der Waals surface area contributed by atoms with Crippen molar-refractivity contribution >= 4 is 38.3 Å². The molecule has 0 saturated carbocycles. The Morgan fingerprint density at radius 3 is 2.43 bits per heavy atom. The van der Waals surface area contributed by atoms with E-state index in [1.54, 1.807) is 24.0 Å². The molecule has 4 rings (SSSR count). The van der Waals surface area contributed by atoms with Crippen LogP contribution in [0.2, 0.25) is 0 Å². The summed E-state index contributed by atoms with van der Waals surface area (Å²) in [5, 5.41) is 4.40. The third kappa shape index (κ3) is 5.03. The van der Waals surface area contributed by atoms with E-state index in [0.29, 0.717) is 36.5 Å². The number of hydrogen-bond donors (Lipinski definition) is 1. The fraction of sp³-hybridized carbons (Fsp3) is 0.333. The quantitative estimate of drug-likeness (QED) is 0.466. The molecule has 2 amide bonds. The van der Waals surface area contributed by atoms with Crippen molar-refractivity contribution in [2.24, 2.45) is 0 Å². The lowest BCUT2D eigenvalue weighted by molar-refractivity contribution is -0.139. The van der Waals surface area contributed by atoms with E-state index in [1.807, 2.05) is 61.5 Å². The summed E-state index contributed by atoms with van der Waals surface area (Å²) in [5.74, 6) is -0.356. The Morgan fingerprint density at radius 1 is 1.00 bits per heavy atom. The zero-order chi connectivity index (χ0) is 25.0. The maximum Gasteiger partial charge on any atom is 0.265 e. The summed E-state index contributed by atoms with van der Waals surface area (Å²) in [6, 6.07) is 20.1. The summed E-state index contributed by atoms with van der Waals surface area (Å²) in [7, 11) is -3.66. The Labute approximate surface area is 206 Å². The Hall–Kier alpha value is -3.39. The molecule has 1 heterocycles. The second-order valence-electron chi connectivity index (χ2n) is 8.71. The van der Waals surface area contributed by atoms with Gasteiger partial charge in [0.15, 0.2) is 0 Å². The van der Waals surface area contributed by atoms with Gasteiger partial charge in [-0.2, -0.15) is 0 Å². The van der Waals surface area contributed by atoms with Crippen LogP contribution in [-0.2, 0) is 26.0 Å². The average molecular weight is 494 g/mol. The fourth-order valence-corrected chi connectivity index (χ4v) is 6.36. The van der Waals surface area contributed by atoms with Gasteiger partial charge in [-0.05, 0) is 49.8 Å². The first kappa shape index (κ1) is 24.7. The first-order valence-corrected chi connectivity index (χ1v) is 13.4. The number of likely N-dealkylation sites (N-methyl/N-ethyl adjacent to an activating group) is 1. The summed E-state index contributed by atoms with van der Waals surface area (Å²) < 4.78 is 27.8. The highest BCUT2D eigenvalue weighted by Crippen LogP contribution is 2.42. The highest BCUT2D eigenvalue weighted by molar-refractivity contribution is 7.93. The van der Waals surface area contributed by atoms with Crippen molar-refractivity contribution in [2.45, 2.75) is 44.0 Å². The van der Waals surface area contributed by atoms with E-state index in [-0.39, 0.29) is 24.8 Å². The van der Waals surface area contributed by atoms with Crippen molar-refractivity contribution < 1.29 is 18.0 Å². The minimum Gasteiger partial charge on any atom is -0.355 e. The summed E-state index contributed by atoms with van der Waals surface area (Å²) in [6.07, 6.45) is 1.14. The molecule has 3 aromatic rings. The molecule has 3 aromatic carbocycles. The molecule has 0 aromatic heterocycles. The van der Waals surface area contributed by atoms with Gasteiger partial charge >= 0.3 is 0 Å². The molecule has 0 fully saturated rings. The number of nitrogens with zero attached hydrogens (tertiary/aromatic N) is 2. The SMILES string of the molecule is CCNC(=O)[C@@H](C)N(CCc1ccccc1)C(=O)CCCN1c2cccc3cccc(c23)S1(=O)=O. The molecule has 0 bridgehead atoms. The third-order valence-corrected chi connectivity index (χ3v) is 8.29. The molecular formula is C27H31N3O4S. The predicted molar refractivity (Wildman–Crippen MR) is 138 cm³/mol. The Kier molecular flexibility index (Phi) is 7.40. The van der Waals surface area contributed by atoms with Gasteiger partial charge in [0.1, 0.15) is 6.04 Å². The minimum atomic E-state index is -3.66. The van der Waals surface area contributed by atoms with E-state index in [9.17, 15) is 18.0 Å². The number of benzene rings is 3. The van der Waals surface area contributed by atoms with Crippen LogP contribution in [0.15, 0.2) is 71.6 Å². The lowest BCUT2D eigenvalue weighted by atomic mass is 10.1. The monoisotopic (exact) mass is 493 g/mol. The molecule has 184 valence electrons. The van der Waals surface area contributed by atoms with Crippen molar-refractivity contribution in [3.63, 3.8) is 0 Å². The van der Waals surface area contributed by atoms with Crippen LogP contribution in [0.25, 0.3) is 10.8 Å². The summed E-state index contributed by atoms with van der Waals surface area (Å²) in [4.78, 5) is 27.7. The summed E-state index contributed by atoms with van der Waals surface area (Å²) in [6.45, 7) is 4.67. The average Bonchev–Trinajstić information content (AvgIpc) is 3.08. The van der Waals surface area contributed by atoms with Crippen LogP contribution >= 0.6 is 0 Å². The zero-order valence-electron chi connectivity index (χ0n) is 20.1. The molecular weight excluding hydrogens is 462 g/mol. The molecule has 1 aliphatic heterocycles. The lowest BCUT2D eigenvalue weighted by Gasteiger charge is -2.29. The molecule has 7 nitrogen and oxygen atoms in total. The molecule has 35 heavy (non-hydrogen) atoms. The molecule has 1 atom stereocenters.